The molecule has 2 aromatic rings. The predicted octanol–water partition coefficient (Wildman–Crippen LogP) is 3.38. The van der Waals surface area contributed by atoms with E-state index < -0.39 is 0 Å². The molecule has 1 aromatic heterocycles. The third-order valence-corrected chi connectivity index (χ3v) is 5.64. The number of rotatable bonds is 6. The van der Waals surface area contributed by atoms with Gasteiger partial charge in [-0.15, -0.1) is 0 Å². The highest BCUT2D eigenvalue weighted by Crippen LogP contribution is 2.34. The van der Waals surface area contributed by atoms with Crippen molar-refractivity contribution in [3.63, 3.8) is 0 Å². The highest BCUT2D eigenvalue weighted by Gasteiger charge is 2.32. The number of hydrogen-bond acceptors (Lipinski definition) is 5. The van der Waals surface area contributed by atoms with Crippen LogP contribution in [0.5, 0.6) is 0 Å². The first-order chi connectivity index (χ1) is 12.6. The maximum Gasteiger partial charge on any atom is 0.337 e. The first-order valence-corrected chi connectivity index (χ1v) is 9.77. The SMILES string of the molecule is COC(=O)c1ccc(CNC(=O)[C@@H](C)N2CCC[C@H]2c2ccsc2)cc1. The Hall–Kier alpha value is -2.18. The summed E-state index contributed by atoms with van der Waals surface area (Å²) in [6.45, 7) is 3.37. The molecule has 1 fully saturated rings. The Bertz CT molecular complexity index is 743. The molecule has 26 heavy (non-hydrogen) atoms. The van der Waals surface area contributed by atoms with Gasteiger partial charge >= 0.3 is 5.97 Å². The second-order valence-corrected chi connectivity index (χ2v) is 7.31. The fraction of sp³-hybridized carbons (Fsp3) is 0.400. The van der Waals surface area contributed by atoms with Gasteiger partial charge in [0.1, 0.15) is 0 Å². The molecule has 0 aliphatic carbocycles. The van der Waals surface area contributed by atoms with Gasteiger partial charge in [0.15, 0.2) is 0 Å². The molecule has 1 aromatic carbocycles. The highest BCUT2D eigenvalue weighted by molar-refractivity contribution is 7.07. The maximum absolute atomic E-state index is 12.6. The average molecular weight is 372 g/mol. The second-order valence-electron chi connectivity index (χ2n) is 6.53. The average Bonchev–Trinajstić information content (AvgIpc) is 3.36. The zero-order chi connectivity index (χ0) is 18.5. The van der Waals surface area contributed by atoms with Crippen molar-refractivity contribution >= 4 is 23.2 Å². The number of ether oxygens (including phenoxy) is 1. The summed E-state index contributed by atoms with van der Waals surface area (Å²) in [4.78, 5) is 26.4. The van der Waals surface area contributed by atoms with Crippen LogP contribution in [0.4, 0.5) is 0 Å². The molecule has 1 amide bonds. The normalized spacial score (nSPS) is 18.5. The van der Waals surface area contributed by atoms with Crippen LogP contribution in [0.1, 0.15) is 47.3 Å². The number of likely N-dealkylation sites (tertiary alicyclic amines) is 1. The van der Waals surface area contributed by atoms with Crippen LogP contribution in [-0.4, -0.2) is 36.5 Å². The number of thiophene rings is 1. The highest BCUT2D eigenvalue weighted by atomic mass is 32.1. The Morgan fingerprint density at radius 1 is 1.31 bits per heavy atom. The van der Waals surface area contributed by atoms with Gasteiger partial charge in [-0.2, -0.15) is 11.3 Å². The number of benzene rings is 1. The standard InChI is InChI=1S/C20H24N2O3S/c1-14(22-10-3-4-18(22)17-9-11-26-13-17)19(23)21-12-15-5-7-16(8-6-15)20(24)25-2/h5-9,11,13-14,18H,3-4,10,12H2,1-2H3,(H,21,23)/t14-,18+/m1/s1. The number of amides is 1. The molecule has 2 heterocycles. The Morgan fingerprint density at radius 2 is 2.08 bits per heavy atom. The number of hydrogen-bond donors (Lipinski definition) is 1. The van der Waals surface area contributed by atoms with E-state index in [1.807, 2.05) is 19.1 Å². The van der Waals surface area contributed by atoms with Crippen molar-refractivity contribution in [2.45, 2.75) is 38.4 Å². The van der Waals surface area contributed by atoms with Crippen LogP contribution in [0.15, 0.2) is 41.1 Å². The summed E-state index contributed by atoms with van der Waals surface area (Å²) in [6, 6.07) is 9.41. The van der Waals surface area contributed by atoms with E-state index in [4.69, 9.17) is 0 Å². The summed E-state index contributed by atoms with van der Waals surface area (Å²) in [5.41, 5.74) is 2.77. The molecule has 0 saturated carbocycles. The van der Waals surface area contributed by atoms with Crippen molar-refractivity contribution in [2.24, 2.45) is 0 Å². The summed E-state index contributed by atoms with van der Waals surface area (Å²) in [7, 11) is 1.36. The van der Waals surface area contributed by atoms with E-state index in [-0.39, 0.29) is 17.9 Å². The lowest BCUT2D eigenvalue weighted by molar-refractivity contribution is -0.126. The van der Waals surface area contributed by atoms with E-state index >= 15 is 0 Å². The van der Waals surface area contributed by atoms with Gasteiger partial charge in [-0.05, 0) is 66.4 Å². The summed E-state index contributed by atoms with van der Waals surface area (Å²) < 4.78 is 4.69. The van der Waals surface area contributed by atoms with Crippen LogP contribution in [0, 0.1) is 0 Å². The summed E-state index contributed by atoms with van der Waals surface area (Å²) in [5.74, 6) is -0.327. The van der Waals surface area contributed by atoms with Crippen LogP contribution in [0.2, 0.25) is 0 Å². The van der Waals surface area contributed by atoms with E-state index in [2.05, 4.69) is 31.8 Å². The Kier molecular flexibility index (Phi) is 6.06. The molecule has 2 atom stereocenters. The number of esters is 1. The third-order valence-electron chi connectivity index (χ3n) is 4.94. The van der Waals surface area contributed by atoms with Crippen molar-refractivity contribution in [1.82, 2.24) is 10.2 Å². The zero-order valence-electron chi connectivity index (χ0n) is 15.1. The molecule has 0 bridgehead atoms. The molecule has 1 saturated heterocycles. The van der Waals surface area contributed by atoms with Gasteiger partial charge in [-0.3, -0.25) is 9.69 Å². The van der Waals surface area contributed by atoms with E-state index in [1.165, 1.54) is 12.7 Å². The monoisotopic (exact) mass is 372 g/mol. The van der Waals surface area contributed by atoms with Gasteiger partial charge in [0.2, 0.25) is 5.91 Å². The van der Waals surface area contributed by atoms with Gasteiger partial charge < -0.3 is 10.1 Å². The molecule has 5 nitrogen and oxygen atoms in total. The van der Waals surface area contributed by atoms with Crippen LogP contribution in [0.3, 0.4) is 0 Å². The predicted molar refractivity (Wildman–Crippen MR) is 102 cm³/mol. The molecule has 0 unspecified atom stereocenters. The van der Waals surface area contributed by atoms with Gasteiger partial charge in [0.05, 0.1) is 18.7 Å². The smallest absolute Gasteiger partial charge is 0.337 e. The van der Waals surface area contributed by atoms with E-state index in [0.29, 0.717) is 18.2 Å². The molecule has 1 N–H and O–H groups in total. The molecule has 0 radical (unpaired) electrons. The number of carbonyl (C=O) groups is 2. The lowest BCUT2D eigenvalue weighted by Crippen LogP contribution is -2.44. The quantitative estimate of drug-likeness (QED) is 0.790. The summed E-state index contributed by atoms with van der Waals surface area (Å²) in [6.07, 6.45) is 2.22. The molecule has 1 aliphatic heterocycles. The minimum absolute atomic E-state index is 0.0316. The Labute approximate surface area is 158 Å². The minimum Gasteiger partial charge on any atom is -0.465 e. The molecule has 3 rings (SSSR count). The number of methoxy groups -OCH3 is 1. The number of nitrogens with zero attached hydrogens (tertiary/aromatic N) is 1. The molecule has 1 aliphatic rings. The van der Waals surface area contributed by atoms with Gasteiger partial charge in [-0.1, -0.05) is 12.1 Å². The van der Waals surface area contributed by atoms with Crippen molar-refractivity contribution in [3.05, 3.63) is 57.8 Å². The second kappa shape index (κ2) is 8.47. The first-order valence-electron chi connectivity index (χ1n) is 8.83. The van der Waals surface area contributed by atoms with Crippen molar-refractivity contribution in [2.75, 3.05) is 13.7 Å². The van der Waals surface area contributed by atoms with Crippen molar-refractivity contribution < 1.29 is 14.3 Å². The zero-order valence-corrected chi connectivity index (χ0v) is 15.9. The lowest BCUT2D eigenvalue weighted by atomic mass is 10.1. The largest absolute Gasteiger partial charge is 0.465 e. The lowest BCUT2D eigenvalue weighted by Gasteiger charge is -2.29. The van der Waals surface area contributed by atoms with Crippen LogP contribution >= 0.6 is 11.3 Å². The fourth-order valence-corrected chi connectivity index (χ4v) is 4.15. The Morgan fingerprint density at radius 3 is 2.73 bits per heavy atom. The van der Waals surface area contributed by atoms with Crippen LogP contribution in [-0.2, 0) is 16.1 Å². The van der Waals surface area contributed by atoms with Gasteiger partial charge in [0, 0.05) is 12.6 Å². The van der Waals surface area contributed by atoms with Gasteiger partial charge in [-0.25, -0.2) is 4.79 Å². The third kappa shape index (κ3) is 4.14. The first kappa shape index (κ1) is 18.6. The van der Waals surface area contributed by atoms with Gasteiger partial charge in [0.25, 0.3) is 0 Å². The summed E-state index contributed by atoms with van der Waals surface area (Å²) >= 11 is 1.70. The number of carbonyl (C=O) groups excluding carboxylic acids is 2. The van der Waals surface area contributed by atoms with E-state index in [0.717, 1.165) is 24.9 Å². The van der Waals surface area contributed by atoms with E-state index in [9.17, 15) is 9.59 Å². The molecular formula is C20H24N2O3S. The van der Waals surface area contributed by atoms with Crippen molar-refractivity contribution in [1.29, 1.82) is 0 Å². The summed E-state index contributed by atoms with van der Waals surface area (Å²) in [5, 5.41) is 7.28. The topological polar surface area (TPSA) is 58.6 Å². The fourth-order valence-electron chi connectivity index (χ4n) is 3.44. The molecule has 138 valence electrons. The Balaban J connectivity index is 1.56. The molecule has 0 spiro atoms. The number of nitrogens with one attached hydrogen (secondary N) is 1. The van der Waals surface area contributed by atoms with Crippen LogP contribution in [0.25, 0.3) is 0 Å². The minimum atomic E-state index is -0.359. The van der Waals surface area contributed by atoms with E-state index in [1.54, 1.807) is 23.5 Å². The molecule has 6 heteroatoms. The molecular weight excluding hydrogens is 348 g/mol. The van der Waals surface area contributed by atoms with Crippen LogP contribution < -0.4 is 5.32 Å². The maximum atomic E-state index is 12.6. The van der Waals surface area contributed by atoms with Crippen molar-refractivity contribution in [3.8, 4) is 0 Å².